The molecule has 1 fully saturated rings. The average molecular weight is 494 g/mol. The minimum atomic E-state index is -0.213. The Morgan fingerprint density at radius 2 is 1.75 bits per heavy atom. The number of nitrogens with zero attached hydrogens (tertiary/aromatic N) is 4. The van der Waals surface area contributed by atoms with Crippen LogP contribution >= 0.6 is 0 Å². The van der Waals surface area contributed by atoms with Gasteiger partial charge in [-0.05, 0) is 19.1 Å². The molecule has 3 heterocycles. The monoisotopic (exact) mass is 493 g/mol. The molecular weight excluding hydrogens is 462 g/mol. The molecule has 1 amide bonds. The molecule has 0 spiro atoms. The van der Waals surface area contributed by atoms with Crippen molar-refractivity contribution in [1.29, 1.82) is 0 Å². The summed E-state index contributed by atoms with van der Waals surface area (Å²) in [7, 11) is 4.74. The highest BCUT2D eigenvalue weighted by atomic mass is 16.5. The maximum atomic E-state index is 13.5. The Bertz CT molecular complexity index is 1200. The summed E-state index contributed by atoms with van der Waals surface area (Å²) in [5.41, 5.74) is 8.02. The van der Waals surface area contributed by atoms with E-state index >= 15 is 0 Å². The van der Waals surface area contributed by atoms with Gasteiger partial charge in [0.15, 0.2) is 11.5 Å². The quantitative estimate of drug-likeness (QED) is 0.506. The van der Waals surface area contributed by atoms with Crippen LogP contribution in [0.3, 0.4) is 0 Å². The SMILES string of the molecule is COC[C@H]1CN(c2cnc(N)cc2OC)CCN1C(=O)c1cc(OC)c(Oc2ccc(C)cc2)cn1. The number of aryl methyl sites for hydroxylation is 1. The Hall–Kier alpha value is -4.05. The van der Waals surface area contributed by atoms with E-state index < -0.39 is 0 Å². The van der Waals surface area contributed by atoms with Crippen molar-refractivity contribution in [3.63, 3.8) is 0 Å². The summed E-state index contributed by atoms with van der Waals surface area (Å²) in [6.45, 7) is 3.95. The van der Waals surface area contributed by atoms with E-state index in [1.54, 1.807) is 37.4 Å². The van der Waals surface area contributed by atoms with Gasteiger partial charge in [0.25, 0.3) is 5.91 Å². The number of benzene rings is 1. The molecule has 1 atom stereocenters. The second-order valence-corrected chi connectivity index (χ2v) is 8.47. The molecule has 36 heavy (non-hydrogen) atoms. The van der Waals surface area contributed by atoms with Crippen LogP contribution < -0.4 is 24.8 Å². The molecule has 0 unspecified atom stereocenters. The maximum absolute atomic E-state index is 13.5. The molecule has 1 saturated heterocycles. The van der Waals surface area contributed by atoms with Gasteiger partial charge in [-0.15, -0.1) is 0 Å². The number of nitrogen functional groups attached to an aromatic ring is 1. The average Bonchev–Trinajstić information content (AvgIpc) is 2.90. The summed E-state index contributed by atoms with van der Waals surface area (Å²) >= 11 is 0. The molecule has 1 aliphatic heterocycles. The number of amides is 1. The summed E-state index contributed by atoms with van der Waals surface area (Å²) in [4.78, 5) is 26.0. The highest BCUT2D eigenvalue weighted by Gasteiger charge is 2.33. The smallest absolute Gasteiger partial charge is 0.273 e. The van der Waals surface area contributed by atoms with Crippen LogP contribution in [-0.2, 0) is 4.74 Å². The first-order valence-electron chi connectivity index (χ1n) is 11.6. The van der Waals surface area contributed by atoms with Gasteiger partial charge in [-0.1, -0.05) is 17.7 Å². The van der Waals surface area contributed by atoms with E-state index in [0.29, 0.717) is 55.1 Å². The summed E-state index contributed by atoms with van der Waals surface area (Å²) in [6.07, 6.45) is 3.20. The molecule has 1 aromatic carbocycles. The van der Waals surface area contributed by atoms with Gasteiger partial charge in [-0.3, -0.25) is 4.79 Å². The van der Waals surface area contributed by atoms with Crippen LogP contribution in [0.15, 0.2) is 48.8 Å². The number of piperazine rings is 1. The van der Waals surface area contributed by atoms with Crippen molar-refractivity contribution >= 4 is 17.4 Å². The fraction of sp³-hybridized carbons (Fsp3) is 0.346. The van der Waals surface area contributed by atoms with Crippen molar-refractivity contribution in [2.24, 2.45) is 0 Å². The largest absolute Gasteiger partial charge is 0.494 e. The molecule has 10 heteroatoms. The van der Waals surface area contributed by atoms with E-state index in [9.17, 15) is 4.79 Å². The number of carbonyl (C=O) groups is 1. The van der Waals surface area contributed by atoms with Gasteiger partial charge in [0.1, 0.15) is 23.0 Å². The van der Waals surface area contributed by atoms with Crippen molar-refractivity contribution in [2.75, 3.05) is 58.2 Å². The molecule has 0 saturated carbocycles. The summed E-state index contributed by atoms with van der Waals surface area (Å²) in [5.74, 6) is 2.32. The van der Waals surface area contributed by atoms with Crippen LogP contribution in [0.5, 0.6) is 23.0 Å². The Balaban J connectivity index is 1.53. The lowest BCUT2D eigenvalue weighted by atomic mass is 10.1. The lowest BCUT2D eigenvalue weighted by Crippen LogP contribution is -2.57. The number of carbonyl (C=O) groups excluding carboxylic acids is 1. The molecule has 190 valence electrons. The number of methoxy groups -OCH3 is 3. The van der Waals surface area contributed by atoms with Crippen molar-refractivity contribution in [1.82, 2.24) is 14.9 Å². The summed E-state index contributed by atoms with van der Waals surface area (Å²) in [5, 5.41) is 0. The molecule has 2 N–H and O–H groups in total. The van der Waals surface area contributed by atoms with Crippen molar-refractivity contribution < 1.29 is 23.7 Å². The minimum Gasteiger partial charge on any atom is -0.494 e. The van der Waals surface area contributed by atoms with Crippen LogP contribution in [-0.4, -0.2) is 74.4 Å². The van der Waals surface area contributed by atoms with Crippen molar-refractivity contribution in [3.8, 4) is 23.0 Å². The molecule has 0 bridgehead atoms. The zero-order chi connectivity index (χ0) is 25.7. The van der Waals surface area contributed by atoms with Gasteiger partial charge < -0.3 is 34.5 Å². The topological polar surface area (TPSA) is 112 Å². The Morgan fingerprint density at radius 1 is 1.00 bits per heavy atom. The number of aromatic nitrogens is 2. The third-order valence-corrected chi connectivity index (χ3v) is 6.05. The van der Waals surface area contributed by atoms with Crippen molar-refractivity contribution in [2.45, 2.75) is 13.0 Å². The van der Waals surface area contributed by atoms with E-state index in [4.69, 9.17) is 24.7 Å². The molecule has 0 aliphatic carbocycles. The van der Waals surface area contributed by atoms with Gasteiger partial charge >= 0.3 is 0 Å². The predicted octanol–water partition coefficient (Wildman–Crippen LogP) is 3.15. The van der Waals surface area contributed by atoms with Crippen LogP contribution in [0, 0.1) is 6.92 Å². The maximum Gasteiger partial charge on any atom is 0.273 e. The summed E-state index contributed by atoms with van der Waals surface area (Å²) < 4.78 is 22.4. The molecule has 10 nitrogen and oxygen atoms in total. The number of nitrogens with two attached hydrogens (primary N) is 1. The number of pyridine rings is 2. The normalized spacial score (nSPS) is 15.5. The molecular formula is C26H31N5O5. The van der Waals surface area contributed by atoms with Crippen LogP contribution in [0.4, 0.5) is 11.5 Å². The van der Waals surface area contributed by atoms with E-state index in [2.05, 4.69) is 14.9 Å². The van der Waals surface area contributed by atoms with Gasteiger partial charge in [0.2, 0.25) is 0 Å². The highest BCUT2D eigenvalue weighted by Crippen LogP contribution is 2.33. The second kappa shape index (κ2) is 11.1. The highest BCUT2D eigenvalue weighted by molar-refractivity contribution is 5.93. The van der Waals surface area contributed by atoms with Crippen LogP contribution in [0.2, 0.25) is 0 Å². The Kier molecular flexibility index (Phi) is 7.74. The number of anilines is 2. The van der Waals surface area contributed by atoms with Gasteiger partial charge in [-0.2, -0.15) is 0 Å². The zero-order valence-electron chi connectivity index (χ0n) is 20.9. The number of rotatable bonds is 8. The Labute approximate surface area is 210 Å². The predicted molar refractivity (Wildman–Crippen MR) is 136 cm³/mol. The molecule has 4 rings (SSSR count). The van der Waals surface area contributed by atoms with Crippen LogP contribution in [0.25, 0.3) is 0 Å². The van der Waals surface area contributed by atoms with E-state index in [0.717, 1.165) is 11.3 Å². The van der Waals surface area contributed by atoms with Crippen LogP contribution in [0.1, 0.15) is 16.1 Å². The van der Waals surface area contributed by atoms with E-state index in [1.165, 1.54) is 13.3 Å². The van der Waals surface area contributed by atoms with Gasteiger partial charge in [0, 0.05) is 38.9 Å². The summed E-state index contributed by atoms with van der Waals surface area (Å²) in [6, 6.07) is 10.7. The Morgan fingerprint density at radius 3 is 2.44 bits per heavy atom. The number of ether oxygens (including phenoxy) is 4. The standard InChI is InChI=1S/C26H31N5O5/c1-17-5-7-19(8-6-17)36-24-14-28-20(11-23(24)35-4)26(32)31-10-9-30(15-18(31)16-33-2)21-13-29-25(27)12-22(21)34-3/h5-8,11-14,18H,9-10,15-16H2,1-4H3,(H2,27,29)/t18-/m1/s1. The fourth-order valence-electron chi connectivity index (χ4n) is 4.18. The minimum absolute atomic E-state index is 0.209. The lowest BCUT2D eigenvalue weighted by Gasteiger charge is -2.42. The van der Waals surface area contributed by atoms with Crippen molar-refractivity contribution in [3.05, 3.63) is 60.0 Å². The van der Waals surface area contributed by atoms with E-state index in [-0.39, 0.29) is 17.6 Å². The van der Waals surface area contributed by atoms with E-state index in [1.807, 2.05) is 31.2 Å². The lowest BCUT2D eigenvalue weighted by molar-refractivity contribution is 0.0494. The second-order valence-electron chi connectivity index (χ2n) is 8.47. The third kappa shape index (κ3) is 5.44. The van der Waals surface area contributed by atoms with Gasteiger partial charge in [0.05, 0.1) is 44.9 Å². The zero-order valence-corrected chi connectivity index (χ0v) is 20.9. The fourth-order valence-corrected chi connectivity index (χ4v) is 4.18. The third-order valence-electron chi connectivity index (χ3n) is 6.05. The molecule has 1 aliphatic rings. The molecule has 0 radical (unpaired) electrons. The first-order valence-corrected chi connectivity index (χ1v) is 11.6. The van der Waals surface area contributed by atoms with Gasteiger partial charge in [-0.25, -0.2) is 9.97 Å². The molecule has 2 aromatic heterocycles. The number of hydrogen-bond donors (Lipinski definition) is 1. The molecule has 3 aromatic rings. The number of hydrogen-bond acceptors (Lipinski definition) is 9. The first kappa shape index (κ1) is 25.1. The first-order chi connectivity index (χ1) is 17.4.